The predicted molar refractivity (Wildman–Crippen MR) is 97.8 cm³/mol. The molecule has 0 aliphatic heterocycles. The van der Waals surface area contributed by atoms with Gasteiger partial charge in [-0.1, -0.05) is 24.3 Å². The van der Waals surface area contributed by atoms with Crippen molar-refractivity contribution in [1.82, 2.24) is 0 Å². The van der Waals surface area contributed by atoms with Crippen molar-refractivity contribution in [1.29, 1.82) is 0 Å². The van der Waals surface area contributed by atoms with Crippen molar-refractivity contribution >= 4 is 23.2 Å². The zero-order valence-corrected chi connectivity index (χ0v) is 14.7. The van der Waals surface area contributed by atoms with Gasteiger partial charge >= 0.3 is 0 Å². The number of methoxy groups -OCH3 is 1. The number of benzene rings is 2. The van der Waals surface area contributed by atoms with Crippen molar-refractivity contribution in [3.63, 3.8) is 0 Å². The van der Waals surface area contributed by atoms with E-state index in [4.69, 9.17) is 4.74 Å². The lowest BCUT2D eigenvalue weighted by Gasteiger charge is -2.17. The first-order valence-electron chi connectivity index (χ1n) is 8.29. The number of carbonyl (C=O) groups is 2. The maximum Gasteiger partial charge on any atom is 0.240 e. The molecule has 25 heavy (non-hydrogen) atoms. The van der Waals surface area contributed by atoms with Crippen LogP contribution in [-0.2, 0) is 9.59 Å². The Bertz CT molecular complexity index is 825. The summed E-state index contributed by atoms with van der Waals surface area (Å²) in [6.45, 7) is 3.90. The zero-order chi connectivity index (χ0) is 18.0. The summed E-state index contributed by atoms with van der Waals surface area (Å²) in [7, 11) is 1.55. The molecule has 1 aliphatic carbocycles. The summed E-state index contributed by atoms with van der Waals surface area (Å²) in [6.07, 6.45) is 1.09. The van der Waals surface area contributed by atoms with Gasteiger partial charge in [0.25, 0.3) is 0 Å². The third-order valence-corrected chi connectivity index (χ3v) is 4.62. The number of nitrogens with one attached hydrogen (secondary N) is 2. The number of rotatable bonds is 5. The molecule has 5 nitrogen and oxygen atoms in total. The van der Waals surface area contributed by atoms with E-state index in [9.17, 15) is 9.59 Å². The fourth-order valence-electron chi connectivity index (χ4n) is 2.78. The lowest BCUT2D eigenvalue weighted by atomic mass is 10.0. The molecule has 0 atom stereocenters. The highest BCUT2D eigenvalue weighted by atomic mass is 16.5. The van der Waals surface area contributed by atoms with Gasteiger partial charge < -0.3 is 15.4 Å². The number of hydrogen-bond donors (Lipinski definition) is 2. The van der Waals surface area contributed by atoms with Crippen LogP contribution in [0.25, 0.3) is 0 Å². The Morgan fingerprint density at radius 3 is 2.24 bits per heavy atom. The van der Waals surface area contributed by atoms with Gasteiger partial charge in [-0.05, 0) is 56.0 Å². The fraction of sp³-hybridized carbons (Fsp3) is 0.300. The summed E-state index contributed by atoms with van der Waals surface area (Å²) < 4.78 is 5.25. The third-order valence-electron chi connectivity index (χ3n) is 4.62. The summed E-state index contributed by atoms with van der Waals surface area (Å²) in [4.78, 5) is 25.5. The first-order valence-corrected chi connectivity index (χ1v) is 8.29. The van der Waals surface area contributed by atoms with Crippen LogP contribution >= 0.6 is 0 Å². The SMILES string of the molecule is COc1ccccc1NC(=O)C1(C(=O)Nc2cc(C)ccc2C)CC1. The first-order chi connectivity index (χ1) is 12.0. The van der Waals surface area contributed by atoms with E-state index in [1.165, 1.54) is 0 Å². The number of amides is 2. The molecular weight excluding hydrogens is 316 g/mol. The molecule has 0 unspecified atom stereocenters. The van der Waals surface area contributed by atoms with E-state index in [2.05, 4.69) is 10.6 Å². The standard InChI is InChI=1S/C20H22N2O3/c1-13-8-9-14(2)16(12-13)22-19(24)20(10-11-20)18(23)21-15-6-4-5-7-17(15)25-3/h4-9,12H,10-11H2,1-3H3,(H,21,23)(H,22,24). The average Bonchev–Trinajstić information content (AvgIpc) is 3.40. The topological polar surface area (TPSA) is 67.4 Å². The molecule has 1 fully saturated rings. The fourth-order valence-corrected chi connectivity index (χ4v) is 2.78. The minimum atomic E-state index is -1.00. The highest BCUT2D eigenvalue weighted by molar-refractivity contribution is 6.17. The van der Waals surface area contributed by atoms with Crippen LogP contribution in [0.5, 0.6) is 5.75 Å². The molecule has 0 saturated heterocycles. The number of para-hydroxylation sites is 2. The molecule has 5 heteroatoms. The Morgan fingerprint density at radius 1 is 0.960 bits per heavy atom. The van der Waals surface area contributed by atoms with Crippen molar-refractivity contribution in [2.24, 2.45) is 5.41 Å². The normalized spacial score (nSPS) is 14.5. The Morgan fingerprint density at radius 2 is 1.60 bits per heavy atom. The van der Waals surface area contributed by atoms with Crippen LogP contribution in [0.3, 0.4) is 0 Å². The van der Waals surface area contributed by atoms with E-state index in [0.717, 1.165) is 16.8 Å². The monoisotopic (exact) mass is 338 g/mol. The minimum absolute atomic E-state index is 0.256. The molecule has 1 aliphatic rings. The summed E-state index contributed by atoms with van der Waals surface area (Å²) in [6, 6.07) is 13.0. The lowest BCUT2D eigenvalue weighted by molar-refractivity contribution is -0.131. The molecule has 2 N–H and O–H groups in total. The van der Waals surface area contributed by atoms with Crippen molar-refractivity contribution in [3.05, 3.63) is 53.6 Å². The quantitative estimate of drug-likeness (QED) is 0.818. The molecule has 1 saturated carbocycles. The Balaban J connectivity index is 1.76. The number of carbonyl (C=O) groups excluding carboxylic acids is 2. The van der Waals surface area contributed by atoms with Gasteiger partial charge in [0.05, 0.1) is 12.8 Å². The Kier molecular flexibility index (Phi) is 4.49. The first kappa shape index (κ1) is 17.0. The second-order valence-electron chi connectivity index (χ2n) is 6.51. The smallest absolute Gasteiger partial charge is 0.240 e. The molecule has 0 spiro atoms. The molecule has 3 rings (SSSR count). The van der Waals surface area contributed by atoms with Crippen LogP contribution in [0, 0.1) is 19.3 Å². The van der Waals surface area contributed by atoms with Gasteiger partial charge in [0.15, 0.2) is 0 Å². The largest absolute Gasteiger partial charge is 0.495 e. The van der Waals surface area contributed by atoms with Crippen LogP contribution in [-0.4, -0.2) is 18.9 Å². The highest BCUT2D eigenvalue weighted by Crippen LogP contribution is 2.48. The second kappa shape index (κ2) is 6.59. The van der Waals surface area contributed by atoms with Gasteiger partial charge in [-0.3, -0.25) is 9.59 Å². The van der Waals surface area contributed by atoms with Crippen LogP contribution in [0.1, 0.15) is 24.0 Å². The Labute approximate surface area is 147 Å². The molecular formula is C20H22N2O3. The molecule has 0 radical (unpaired) electrons. The van der Waals surface area contributed by atoms with Crippen LogP contribution in [0.4, 0.5) is 11.4 Å². The van der Waals surface area contributed by atoms with E-state index >= 15 is 0 Å². The average molecular weight is 338 g/mol. The number of ether oxygens (including phenoxy) is 1. The molecule has 2 amide bonds. The van der Waals surface area contributed by atoms with E-state index in [1.807, 2.05) is 44.2 Å². The van der Waals surface area contributed by atoms with Crippen molar-refractivity contribution in [3.8, 4) is 5.75 Å². The predicted octanol–water partition coefficient (Wildman–Crippen LogP) is 3.67. The van der Waals surface area contributed by atoms with Crippen LogP contribution in [0.15, 0.2) is 42.5 Å². The Hall–Kier alpha value is -2.82. The molecule has 0 bridgehead atoms. The van der Waals surface area contributed by atoms with Gasteiger partial charge in [-0.15, -0.1) is 0 Å². The van der Waals surface area contributed by atoms with Gasteiger partial charge in [-0.25, -0.2) is 0 Å². The van der Waals surface area contributed by atoms with Gasteiger partial charge in [-0.2, -0.15) is 0 Å². The van der Waals surface area contributed by atoms with Crippen LogP contribution < -0.4 is 15.4 Å². The second-order valence-corrected chi connectivity index (χ2v) is 6.51. The third kappa shape index (κ3) is 3.36. The van der Waals surface area contributed by atoms with Gasteiger partial charge in [0.1, 0.15) is 11.2 Å². The summed E-state index contributed by atoms with van der Waals surface area (Å²) in [5, 5.41) is 5.75. The molecule has 0 heterocycles. The van der Waals surface area contributed by atoms with E-state index in [-0.39, 0.29) is 11.8 Å². The van der Waals surface area contributed by atoms with Crippen molar-refractivity contribution in [2.75, 3.05) is 17.7 Å². The number of hydrogen-bond acceptors (Lipinski definition) is 3. The van der Waals surface area contributed by atoms with Crippen molar-refractivity contribution < 1.29 is 14.3 Å². The molecule has 130 valence electrons. The van der Waals surface area contributed by atoms with E-state index < -0.39 is 5.41 Å². The number of aryl methyl sites for hydroxylation is 2. The summed E-state index contributed by atoms with van der Waals surface area (Å²) >= 11 is 0. The van der Waals surface area contributed by atoms with Gasteiger partial charge in [0, 0.05) is 5.69 Å². The summed E-state index contributed by atoms with van der Waals surface area (Å²) in [5.41, 5.74) is 2.35. The van der Waals surface area contributed by atoms with Crippen LogP contribution in [0.2, 0.25) is 0 Å². The molecule has 2 aromatic carbocycles. The van der Waals surface area contributed by atoms with Gasteiger partial charge in [0.2, 0.25) is 11.8 Å². The maximum absolute atomic E-state index is 12.7. The lowest BCUT2D eigenvalue weighted by Crippen LogP contribution is -2.35. The molecule has 0 aromatic heterocycles. The number of anilines is 2. The maximum atomic E-state index is 12.7. The zero-order valence-electron chi connectivity index (χ0n) is 14.7. The van der Waals surface area contributed by atoms with E-state index in [0.29, 0.717) is 24.3 Å². The minimum Gasteiger partial charge on any atom is -0.495 e. The molecule has 2 aromatic rings. The highest BCUT2D eigenvalue weighted by Gasteiger charge is 2.56. The van der Waals surface area contributed by atoms with Crippen molar-refractivity contribution in [2.45, 2.75) is 26.7 Å². The summed E-state index contributed by atoms with van der Waals surface area (Å²) in [5.74, 6) is 0.0231. The van der Waals surface area contributed by atoms with E-state index in [1.54, 1.807) is 19.2 Å².